The summed E-state index contributed by atoms with van der Waals surface area (Å²) in [5.41, 5.74) is 1.36. The first-order valence-corrected chi connectivity index (χ1v) is 6.71. The predicted octanol–water partition coefficient (Wildman–Crippen LogP) is 5.39. The van der Waals surface area contributed by atoms with Crippen LogP contribution in [0.3, 0.4) is 0 Å². The topological polar surface area (TPSA) is 26.0 Å². The van der Waals surface area contributed by atoms with E-state index in [1.165, 1.54) is 16.8 Å². The van der Waals surface area contributed by atoms with Gasteiger partial charge in [0.2, 0.25) is 0 Å². The molecule has 23 heavy (non-hydrogen) atoms. The molecule has 128 valence electrons. The van der Waals surface area contributed by atoms with Crippen LogP contribution in [-0.4, -0.2) is 0 Å². The molecule has 1 heterocycles. The molecule has 10 heteroatoms. The number of hydrogen-bond donors (Lipinski definition) is 1. The number of alkyl halides is 6. The average Bonchev–Trinajstić information content (AvgIpc) is 2.88. The van der Waals surface area contributed by atoms with Gasteiger partial charge in [-0.2, -0.15) is 37.7 Å². The maximum atomic E-state index is 13.9. The van der Waals surface area contributed by atoms with E-state index in [0.717, 1.165) is 11.3 Å². The van der Waals surface area contributed by atoms with Gasteiger partial charge in [-0.05, 0) is 34.5 Å². The van der Waals surface area contributed by atoms with Crippen molar-refractivity contribution in [3.63, 3.8) is 0 Å². The van der Waals surface area contributed by atoms with E-state index < -0.39 is 40.9 Å². The lowest BCUT2D eigenvalue weighted by atomic mass is 9.94. The van der Waals surface area contributed by atoms with Crippen molar-refractivity contribution in [3.05, 3.63) is 57.0 Å². The van der Waals surface area contributed by atoms with Gasteiger partial charge in [0.15, 0.2) is 0 Å². The lowest BCUT2D eigenvalue weighted by Gasteiger charge is -2.20. The molecule has 2 aromatic rings. The highest BCUT2D eigenvalue weighted by Gasteiger charge is 2.41. The molecule has 2 N–H and O–H groups in total. The quantitative estimate of drug-likeness (QED) is 0.695. The summed E-state index contributed by atoms with van der Waals surface area (Å²) < 4.78 is 90.7. The van der Waals surface area contributed by atoms with Crippen LogP contribution in [-0.2, 0) is 12.4 Å². The third kappa shape index (κ3) is 4.15. The maximum Gasteiger partial charge on any atom is 0.416 e. The number of rotatable bonds is 2. The summed E-state index contributed by atoms with van der Waals surface area (Å²) in [7, 11) is 0. The van der Waals surface area contributed by atoms with Gasteiger partial charge < -0.3 is 5.73 Å². The zero-order valence-corrected chi connectivity index (χ0v) is 12.6. The fourth-order valence-electron chi connectivity index (χ4n) is 1.95. The molecule has 0 radical (unpaired) electrons. The van der Waals surface area contributed by atoms with E-state index >= 15 is 0 Å². The molecule has 0 saturated carbocycles. The van der Waals surface area contributed by atoms with Crippen LogP contribution in [0.1, 0.15) is 28.3 Å². The second-order valence-corrected chi connectivity index (χ2v) is 5.23. The summed E-state index contributed by atoms with van der Waals surface area (Å²) in [5.74, 6) is -1.64. The van der Waals surface area contributed by atoms with Crippen molar-refractivity contribution in [1.82, 2.24) is 0 Å². The molecule has 0 aliphatic carbocycles. The zero-order valence-electron chi connectivity index (χ0n) is 11.0. The highest BCUT2D eigenvalue weighted by molar-refractivity contribution is 7.08. The third-order valence-electron chi connectivity index (χ3n) is 2.98. The Bertz CT molecular complexity index is 664. The van der Waals surface area contributed by atoms with Gasteiger partial charge in [0.05, 0.1) is 17.2 Å². The summed E-state index contributed by atoms with van der Waals surface area (Å²) >= 11 is 1.13. The summed E-state index contributed by atoms with van der Waals surface area (Å²) in [6, 6.07) is -0.223. The Labute approximate surface area is 136 Å². The molecular weight excluding hydrogens is 371 g/mol. The normalized spacial score (nSPS) is 13.6. The lowest BCUT2D eigenvalue weighted by molar-refractivity contribution is -0.143. The van der Waals surface area contributed by atoms with Crippen LogP contribution in [0.15, 0.2) is 29.0 Å². The largest absolute Gasteiger partial charge is 0.416 e. The van der Waals surface area contributed by atoms with Gasteiger partial charge in [0, 0.05) is 5.56 Å². The van der Waals surface area contributed by atoms with Gasteiger partial charge in [-0.3, -0.25) is 0 Å². The molecule has 1 aromatic heterocycles. The van der Waals surface area contributed by atoms with Gasteiger partial charge in [0.1, 0.15) is 5.82 Å². The summed E-state index contributed by atoms with van der Waals surface area (Å²) in [4.78, 5) is 0. The molecule has 1 atom stereocenters. The van der Waals surface area contributed by atoms with Crippen LogP contribution in [0.4, 0.5) is 30.7 Å². The van der Waals surface area contributed by atoms with E-state index in [0.29, 0.717) is 0 Å². The second-order valence-electron chi connectivity index (χ2n) is 4.45. The number of halogens is 8. The zero-order chi connectivity index (χ0) is 16.7. The minimum absolute atomic E-state index is 0. The van der Waals surface area contributed by atoms with Crippen LogP contribution in [0.5, 0.6) is 0 Å². The summed E-state index contributed by atoms with van der Waals surface area (Å²) in [5, 5.41) is 2.92. The number of nitrogens with two attached hydrogens (primary N) is 1. The predicted molar refractivity (Wildman–Crippen MR) is 74.0 cm³/mol. The molecule has 0 amide bonds. The monoisotopic (exact) mass is 379 g/mol. The summed E-state index contributed by atoms with van der Waals surface area (Å²) in [6.45, 7) is 0. The van der Waals surface area contributed by atoms with Gasteiger partial charge >= 0.3 is 12.4 Å². The Hall–Kier alpha value is -1.32. The van der Waals surface area contributed by atoms with Crippen molar-refractivity contribution in [2.75, 3.05) is 0 Å². The Morgan fingerprint density at radius 3 is 2.04 bits per heavy atom. The summed E-state index contributed by atoms with van der Waals surface area (Å²) in [6.07, 6.45) is -10.3. The van der Waals surface area contributed by atoms with E-state index in [1.54, 1.807) is 0 Å². The molecule has 0 unspecified atom stereocenters. The number of benzene rings is 1. The lowest BCUT2D eigenvalue weighted by Crippen LogP contribution is -2.21. The molecular formula is C13H9ClF7NS. The molecule has 0 saturated heterocycles. The molecule has 1 nitrogen and oxygen atoms in total. The number of thiophene rings is 1. The van der Waals surface area contributed by atoms with Crippen LogP contribution < -0.4 is 5.73 Å². The van der Waals surface area contributed by atoms with Crippen molar-refractivity contribution >= 4 is 23.7 Å². The van der Waals surface area contributed by atoms with Gasteiger partial charge in [-0.15, -0.1) is 12.4 Å². The smallest absolute Gasteiger partial charge is 0.320 e. The molecule has 0 aliphatic heterocycles. The maximum absolute atomic E-state index is 13.9. The van der Waals surface area contributed by atoms with E-state index in [-0.39, 0.29) is 30.1 Å². The van der Waals surface area contributed by atoms with E-state index in [9.17, 15) is 30.7 Å². The Morgan fingerprint density at radius 2 is 1.61 bits per heavy atom. The van der Waals surface area contributed by atoms with Gasteiger partial charge in [0.25, 0.3) is 0 Å². The SMILES string of the molecule is Cl.N[C@@H](c1ccsc1)c1c(F)cc(C(F)(F)F)cc1C(F)(F)F. The fourth-order valence-corrected chi connectivity index (χ4v) is 2.65. The Morgan fingerprint density at radius 1 is 1.00 bits per heavy atom. The fraction of sp³-hybridized carbons (Fsp3) is 0.231. The molecule has 1 aromatic carbocycles. The van der Waals surface area contributed by atoms with Crippen LogP contribution in [0, 0.1) is 5.82 Å². The molecule has 0 spiro atoms. The van der Waals surface area contributed by atoms with Gasteiger partial charge in [-0.25, -0.2) is 4.39 Å². The first-order valence-electron chi connectivity index (χ1n) is 5.77. The minimum atomic E-state index is -5.16. The average molecular weight is 380 g/mol. The van der Waals surface area contributed by atoms with Crippen molar-refractivity contribution in [1.29, 1.82) is 0 Å². The van der Waals surface area contributed by atoms with Crippen molar-refractivity contribution in [2.45, 2.75) is 18.4 Å². The highest BCUT2D eigenvalue weighted by Crippen LogP contribution is 2.41. The van der Waals surface area contributed by atoms with Gasteiger partial charge in [-0.1, -0.05) is 0 Å². The van der Waals surface area contributed by atoms with E-state index in [1.807, 2.05) is 0 Å². The van der Waals surface area contributed by atoms with E-state index in [4.69, 9.17) is 5.73 Å². The molecule has 0 bridgehead atoms. The van der Waals surface area contributed by atoms with Crippen LogP contribution in [0.2, 0.25) is 0 Å². The van der Waals surface area contributed by atoms with Crippen LogP contribution >= 0.6 is 23.7 Å². The standard InChI is InChI=1S/C13H8F7NS.ClH/c14-9-4-7(12(15,16)17)3-8(13(18,19)20)10(9)11(21)6-1-2-22-5-6;/h1-5,11H,21H2;1H/t11-;/m0./s1. The molecule has 2 rings (SSSR count). The van der Waals surface area contributed by atoms with E-state index in [2.05, 4.69) is 0 Å². The van der Waals surface area contributed by atoms with Crippen molar-refractivity contribution < 1.29 is 30.7 Å². The van der Waals surface area contributed by atoms with Crippen LogP contribution in [0.25, 0.3) is 0 Å². The second kappa shape index (κ2) is 6.66. The third-order valence-corrected chi connectivity index (χ3v) is 3.68. The van der Waals surface area contributed by atoms with Crippen molar-refractivity contribution in [2.24, 2.45) is 5.73 Å². The minimum Gasteiger partial charge on any atom is -0.320 e. The molecule has 0 fully saturated rings. The highest BCUT2D eigenvalue weighted by atomic mass is 35.5. The van der Waals surface area contributed by atoms with Crippen molar-refractivity contribution in [3.8, 4) is 0 Å². The molecule has 0 aliphatic rings. The first kappa shape index (κ1) is 19.7. The Kier molecular flexibility index (Phi) is 5.71. The Balaban J connectivity index is 0.00000264. The first-order chi connectivity index (χ1) is 10.0. The number of hydrogen-bond acceptors (Lipinski definition) is 2.